The van der Waals surface area contributed by atoms with Crippen molar-refractivity contribution in [1.82, 2.24) is 10.3 Å². The molecule has 1 heterocycles. The summed E-state index contributed by atoms with van der Waals surface area (Å²) in [7, 11) is 0. The second-order valence-electron chi connectivity index (χ2n) is 5.80. The van der Waals surface area contributed by atoms with Gasteiger partial charge in [0.25, 0.3) is 5.91 Å². The second kappa shape index (κ2) is 6.50. The van der Waals surface area contributed by atoms with Crippen LogP contribution in [0.5, 0.6) is 0 Å². The number of hydrogen-bond donors (Lipinski definition) is 2. The summed E-state index contributed by atoms with van der Waals surface area (Å²) in [4.78, 5) is 30.1. The van der Waals surface area contributed by atoms with Gasteiger partial charge >= 0.3 is 0 Å². The maximum Gasteiger partial charge on any atom is 0.251 e. The van der Waals surface area contributed by atoms with Crippen LogP contribution < -0.4 is 10.6 Å². The predicted molar refractivity (Wildman–Crippen MR) is 90.9 cm³/mol. The number of anilines is 1. The molecule has 3 rings (SSSR count). The van der Waals surface area contributed by atoms with Crippen molar-refractivity contribution in [1.29, 1.82) is 0 Å². The maximum absolute atomic E-state index is 12.2. The van der Waals surface area contributed by atoms with Gasteiger partial charge in [-0.05, 0) is 45.2 Å². The largest absolute Gasteiger partial charge is 0.341 e. The smallest absolute Gasteiger partial charge is 0.251 e. The van der Waals surface area contributed by atoms with Gasteiger partial charge in [0.15, 0.2) is 5.13 Å². The fourth-order valence-electron chi connectivity index (χ4n) is 2.59. The van der Waals surface area contributed by atoms with Gasteiger partial charge in [-0.2, -0.15) is 0 Å². The molecular formula is C17H19N3O2S. The van der Waals surface area contributed by atoms with E-state index in [0.717, 1.165) is 30.5 Å². The molecule has 0 radical (unpaired) electrons. The van der Waals surface area contributed by atoms with E-state index < -0.39 is 6.04 Å². The van der Waals surface area contributed by atoms with Gasteiger partial charge in [0.1, 0.15) is 6.04 Å². The van der Waals surface area contributed by atoms with Crippen LogP contribution in [-0.4, -0.2) is 22.8 Å². The summed E-state index contributed by atoms with van der Waals surface area (Å²) in [5.41, 5.74) is 2.66. The molecule has 0 fully saturated rings. The van der Waals surface area contributed by atoms with Crippen LogP contribution in [0.4, 0.5) is 5.13 Å². The number of carbonyl (C=O) groups excluding carboxylic acids is 2. The molecule has 1 atom stereocenters. The zero-order valence-corrected chi connectivity index (χ0v) is 14.0. The lowest BCUT2D eigenvalue weighted by Crippen LogP contribution is -2.41. The van der Waals surface area contributed by atoms with E-state index in [4.69, 9.17) is 0 Å². The van der Waals surface area contributed by atoms with Gasteiger partial charge in [-0.1, -0.05) is 17.7 Å². The molecular weight excluding hydrogens is 310 g/mol. The standard InChI is InChI=1S/C17H19N3O2S/c1-10-5-3-6-12(9-10)16(22)18-11(2)15(21)20-17-19-13-7-4-8-14(13)23-17/h3,5-6,9,11H,4,7-8H2,1-2H3,(H,18,22)(H,19,20,21). The number of amides is 2. The number of hydrogen-bond acceptors (Lipinski definition) is 4. The summed E-state index contributed by atoms with van der Waals surface area (Å²) in [6.07, 6.45) is 3.18. The number of rotatable bonds is 4. The Hall–Kier alpha value is -2.21. The number of aryl methyl sites for hydroxylation is 3. The van der Waals surface area contributed by atoms with Gasteiger partial charge in [0.05, 0.1) is 5.69 Å². The van der Waals surface area contributed by atoms with E-state index in [1.807, 2.05) is 19.1 Å². The summed E-state index contributed by atoms with van der Waals surface area (Å²) in [6.45, 7) is 3.60. The molecule has 2 amide bonds. The Morgan fingerprint density at radius 1 is 1.30 bits per heavy atom. The van der Waals surface area contributed by atoms with E-state index in [0.29, 0.717) is 10.7 Å². The fraction of sp³-hybridized carbons (Fsp3) is 0.353. The SMILES string of the molecule is Cc1cccc(C(=O)NC(C)C(=O)Nc2nc3c(s2)CCC3)c1. The molecule has 1 aliphatic rings. The van der Waals surface area contributed by atoms with E-state index >= 15 is 0 Å². The quantitative estimate of drug-likeness (QED) is 0.906. The minimum atomic E-state index is -0.623. The Kier molecular flexibility index (Phi) is 4.43. The molecule has 5 nitrogen and oxygen atoms in total. The number of nitrogens with zero attached hydrogens (tertiary/aromatic N) is 1. The van der Waals surface area contributed by atoms with E-state index in [2.05, 4.69) is 15.6 Å². The van der Waals surface area contributed by atoms with Gasteiger partial charge in [0, 0.05) is 10.4 Å². The number of fused-ring (bicyclic) bond motifs is 1. The monoisotopic (exact) mass is 329 g/mol. The highest BCUT2D eigenvalue weighted by molar-refractivity contribution is 7.15. The van der Waals surface area contributed by atoms with Crippen molar-refractivity contribution >= 4 is 28.3 Å². The molecule has 0 saturated heterocycles. The molecule has 1 unspecified atom stereocenters. The molecule has 2 N–H and O–H groups in total. The molecule has 0 aliphatic heterocycles. The molecule has 0 bridgehead atoms. The third-order valence-corrected chi connectivity index (χ3v) is 4.92. The van der Waals surface area contributed by atoms with Crippen molar-refractivity contribution < 1.29 is 9.59 Å². The summed E-state index contributed by atoms with van der Waals surface area (Å²) < 4.78 is 0. The van der Waals surface area contributed by atoms with Crippen molar-refractivity contribution in [3.8, 4) is 0 Å². The maximum atomic E-state index is 12.2. The zero-order chi connectivity index (χ0) is 16.4. The highest BCUT2D eigenvalue weighted by Gasteiger charge is 2.21. The molecule has 1 aromatic heterocycles. The van der Waals surface area contributed by atoms with Gasteiger partial charge in [0.2, 0.25) is 5.91 Å². The van der Waals surface area contributed by atoms with E-state index in [-0.39, 0.29) is 11.8 Å². The average Bonchev–Trinajstić information content (AvgIpc) is 3.08. The first-order valence-corrected chi connectivity index (χ1v) is 8.51. The van der Waals surface area contributed by atoms with Gasteiger partial charge < -0.3 is 10.6 Å². The van der Waals surface area contributed by atoms with E-state index in [1.54, 1.807) is 19.1 Å². The normalized spacial score (nSPS) is 14.2. The van der Waals surface area contributed by atoms with Gasteiger partial charge in [-0.15, -0.1) is 11.3 Å². The van der Waals surface area contributed by atoms with Crippen molar-refractivity contribution in [2.75, 3.05) is 5.32 Å². The van der Waals surface area contributed by atoms with Crippen LogP contribution in [0.25, 0.3) is 0 Å². The number of thiazole rings is 1. The molecule has 0 spiro atoms. The van der Waals surface area contributed by atoms with Crippen LogP contribution in [0.2, 0.25) is 0 Å². The van der Waals surface area contributed by atoms with Crippen LogP contribution in [-0.2, 0) is 17.6 Å². The minimum absolute atomic E-state index is 0.251. The number of aromatic nitrogens is 1. The molecule has 0 saturated carbocycles. The Balaban J connectivity index is 1.59. The van der Waals surface area contributed by atoms with Crippen LogP contribution in [0.3, 0.4) is 0 Å². The molecule has 6 heteroatoms. The lowest BCUT2D eigenvalue weighted by molar-refractivity contribution is -0.117. The molecule has 1 aromatic carbocycles. The van der Waals surface area contributed by atoms with E-state index in [9.17, 15) is 9.59 Å². The average molecular weight is 329 g/mol. The molecule has 23 heavy (non-hydrogen) atoms. The second-order valence-corrected chi connectivity index (χ2v) is 6.88. The Bertz CT molecular complexity index is 733. The first-order chi connectivity index (χ1) is 11.0. The van der Waals surface area contributed by atoms with Gasteiger partial charge in [-0.25, -0.2) is 4.98 Å². The lowest BCUT2D eigenvalue weighted by atomic mass is 10.1. The summed E-state index contributed by atoms with van der Waals surface area (Å²) in [5, 5.41) is 6.13. The van der Waals surface area contributed by atoms with Crippen molar-refractivity contribution in [2.45, 2.75) is 39.2 Å². The van der Waals surface area contributed by atoms with Crippen LogP contribution >= 0.6 is 11.3 Å². The minimum Gasteiger partial charge on any atom is -0.341 e. The van der Waals surface area contributed by atoms with Crippen LogP contribution in [0, 0.1) is 6.92 Å². The van der Waals surface area contributed by atoms with Crippen molar-refractivity contribution in [3.05, 3.63) is 46.0 Å². The third-order valence-electron chi connectivity index (χ3n) is 3.85. The molecule has 120 valence electrons. The topological polar surface area (TPSA) is 71.1 Å². The predicted octanol–water partition coefficient (Wildman–Crippen LogP) is 2.70. The molecule has 2 aromatic rings. The van der Waals surface area contributed by atoms with Crippen LogP contribution in [0.15, 0.2) is 24.3 Å². The lowest BCUT2D eigenvalue weighted by Gasteiger charge is -2.13. The first-order valence-electron chi connectivity index (χ1n) is 7.70. The van der Waals surface area contributed by atoms with Crippen molar-refractivity contribution in [2.24, 2.45) is 0 Å². The highest BCUT2D eigenvalue weighted by Crippen LogP contribution is 2.30. The van der Waals surface area contributed by atoms with E-state index in [1.165, 1.54) is 16.2 Å². The Labute approximate surface area is 139 Å². The summed E-state index contributed by atoms with van der Waals surface area (Å²) in [6, 6.07) is 6.66. The number of carbonyl (C=O) groups is 2. The van der Waals surface area contributed by atoms with Crippen molar-refractivity contribution in [3.63, 3.8) is 0 Å². The first kappa shape index (κ1) is 15.7. The fourth-order valence-corrected chi connectivity index (χ4v) is 3.64. The Morgan fingerprint density at radius 3 is 2.87 bits per heavy atom. The third kappa shape index (κ3) is 3.59. The Morgan fingerprint density at radius 2 is 2.13 bits per heavy atom. The molecule has 1 aliphatic carbocycles. The van der Waals surface area contributed by atoms with Gasteiger partial charge in [-0.3, -0.25) is 9.59 Å². The summed E-state index contributed by atoms with van der Waals surface area (Å²) in [5.74, 6) is -0.503. The highest BCUT2D eigenvalue weighted by atomic mass is 32.1. The zero-order valence-electron chi connectivity index (χ0n) is 13.2. The van der Waals surface area contributed by atoms with Crippen LogP contribution in [0.1, 0.15) is 39.8 Å². The number of benzene rings is 1. The summed E-state index contributed by atoms with van der Waals surface area (Å²) >= 11 is 1.53. The number of nitrogens with one attached hydrogen (secondary N) is 2.